The molecule has 15 heavy (non-hydrogen) atoms. The van der Waals surface area contributed by atoms with Gasteiger partial charge in [-0.3, -0.25) is 4.79 Å². The number of aromatic amines is 1. The van der Waals surface area contributed by atoms with E-state index >= 15 is 0 Å². The molecule has 0 aromatic carbocycles. The predicted octanol–water partition coefficient (Wildman–Crippen LogP) is 1.76. The summed E-state index contributed by atoms with van der Waals surface area (Å²) >= 11 is 1.47. The summed E-state index contributed by atoms with van der Waals surface area (Å²) in [6.07, 6.45) is 2.46. The topological polar surface area (TPSA) is 58.6 Å². The van der Waals surface area contributed by atoms with Crippen LogP contribution in [0.2, 0.25) is 0 Å². The van der Waals surface area contributed by atoms with Crippen LogP contribution in [-0.4, -0.2) is 15.0 Å². The van der Waals surface area contributed by atoms with Crippen LogP contribution in [0.25, 0.3) is 10.8 Å². The third kappa shape index (κ3) is 1.83. The molecule has 0 unspecified atom stereocenters. The van der Waals surface area contributed by atoms with Gasteiger partial charge in [-0.1, -0.05) is 6.92 Å². The largest absolute Gasteiger partial charge is 0.304 e. The molecule has 0 radical (unpaired) electrons. The molecule has 5 heteroatoms. The molecule has 78 valence electrons. The zero-order valence-electron chi connectivity index (χ0n) is 8.57. The zero-order valence-corrected chi connectivity index (χ0v) is 9.39. The Hall–Kier alpha value is -1.49. The summed E-state index contributed by atoms with van der Waals surface area (Å²) in [7, 11) is 0. The third-order valence-electron chi connectivity index (χ3n) is 2.22. The average Bonchev–Trinajstić information content (AvgIpc) is 2.75. The number of H-pyrrole nitrogens is 1. The average molecular weight is 221 g/mol. The van der Waals surface area contributed by atoms with Gasteiger partial charge in [-0.25, -0.2) is 9.97 Å². The van der Waals surface area contributed by atoms with Crippen molar-refractivity contribution in [2.75, 3.05) is 0 Å². The fraction of sp³-hybridized carbons (Fsp3) is 0.300. The highest BCUT2D eigenvalue weighted by Gasteiger charge is 2.08. The van der Waals surface area contributed by atoms with Crippen LogP contribution in [0.4, 0.5) is 0 Å². The number of thiazole rings is 1. The second-order valence-electron chi connectivity index (χ2n) is 3.18. The molecule has 0 saturated carbocycles. The van der Waals surface area contributed by atoms with E-state index in [1.54, 1.807) is 13.1 Å². The van der Waals surface area contributed by atoms with Crippen molar-refractivity contribution in [3.05, 3.63) is 33.2 Å². The van der Waals surface area contributed by atoms with Gasteiger partial charge in [0.25, 0.3) is 5.56 Å². The first-order valence-electron chi connectivity index (χ1n) is 4.72. The fourth-order valence-electron chi connectivity index (χ4n) is 1.37. The molecule has 0 aliphatic rings. The highest BCUT2D eigenvalue weighted by Crippen LogP contribution is 2.16. The summed E-state index contributed by atoms with van der Waals surface area (Å²) in [5, 5.41) is 2.61. The second kappa shape index (κ2) is 3.94. The Kier molecular flexibility index (Phi) is 2.64. The summed E-state index contributed by atoms with van der Waals surface area (Å²) < 4.78 is 0. The van der Waals surface area contributed by atoms with E-state index in [9.17, 15) is 4.79 Å². The van der Waals surface area contributed by atoms with Gasteiger partial charge in [0.1, 0.15) is 0 Å². The van der Waals surface area contributed by atoms with Crippen molar-refractivity contribution in [3.63, 3.8) is 0 Å². The van der Waals surface area contributed by atoms with Gasteiger partial charge >= 0.3 is 0 Å². The van der Waals surface area contributed by atoms with Crippen LogP contribution in [0.3, 0.4) is 0 Å². The van der Waals surface area contributed by atoms with Crippen molar-refractivity contribution in [2.45, 2.75) is 20.3 Å². The van der Waals surface area contributed by atoms with Crippen molar-refractivity contribution in [3.8, 4) is 10.8 Å². The minimum atomic E-state index is -0.0768. The SMILES string of the molecule is CCc1nc(-c2nccs2)[nH]c(=O)c1C. The molecule has 2 aromatic rings. The number of rotatable bonds is 2. The van der Waals surface area contributed by atoms with Gasteiger partial charge in [0, 0.05) is 17.1 Å². The quantitative estimate of drug-likeness (QED) is 0.840. The lowest BCUT2D eigenvalue weighted by Gasteiger charge is -2.02. The van der Waals surface area contributed by atoms with Crippen LogP contribution >= 0.6 is 11.3 Å². The van der Waals surface area contributed by atoms with Crippen LogP contribution in [0.5, 0.6) is 0 Å². The van der Waals surface area contributed by atoms with Crippen molar-refractivity contribution in [1.82, 2.24) is 15.0 Å². The number of hydrogen-bond donors (Lipinski definition) is 1. The van der Waals surface area contributed by atoms with E-state index in [-0.39, 0.29) is 5.56 Å². The van der Waals surface area contributed by atoms with Crippen LogP contribution in [0.1, 0.15) is 18.2 Å². The molecule has 2 heterocycles. The highest BCUT2D eigenvalue weighted by molar-refractivity contribution is 7.12. The Balaban J connectivity index is 2.61. The van der Waals surface area contributed by atoms with Crippen molar-refractivity contribution < 1.29 is 0 Å². The number of aromatic nitrogens is 3. The van der Waals surface area contributed by atoms with E-state index < -0.39 is 0 Å². The molecular weight excluding hydrogens is 210 g/mol. The molecule has 1 N–H and O–H groups in total. The molecule has 0 bridgehead atoms. The summed E-state index contributed by atoms with van der Waals surface area (Å²) in [4.78, 5) is 22.8. The standard InChI is InChI=1S/C10H11N3OS/c1-3-7-6(2)9(14)13-8(12-7)10-11-4-5-15-10/h4-5H,3H2,1-2H3,(H,12,13,14). The fourth-order valence-corrected chi connectivity index (χ4v) is 1.95. The van der Waals surface area contributed by atoms with Crippen molar-refractivity contribution >= 4 is 11.3 Å². The van der Waals surface area contributed by atoms with Crippen LogP contribution < -0.4 is 5.56 Å². The molecule has 0 spiro atoms. The molecule has 2 aromatic heterocycles. The van der Waals surface area contributed by atoms with Crippen molar-refractivity contribution in [2.24, 2.45) is 0 Å². The van der Waals surface area contributed by atoms with Crippen LogP contribution in [0, 0.1) is 6.92 Å². The molecule has 2 rings (SSSR count). The van der Waals surface area contributed by atoms with Crippen LogP contribution in [-0.2, 0) is 6.42 Å². The first-order valence-corrected chi connectivity index (χ1v) is 5.60. The molecule has 0 atom stereocenters. The first kappa shape index (κ1) is 10.0. The second-order valence-corrected chi connectivity index (χ2v) is 4.07. The first-order chi connectivity index (χ1) is 7.22. The Labute approximate surface area is 91.0 Å². The van der Waals surface area contributed by atoms with Gasteiger partial charge < -0.3 is 4.98 Å². The predicted molar refractivity (Wildman–Crippen MR) is 60.1 cm³/mol. The normalized spacial score (nSPS) is 10.5. The molecule has 0 aliphatic carbocycles. The monoisotopic (exact) mass is 221 g/mol. The lowest BCUT2D eigenvalue weighted by atomic mass is 10.2. The Morgan fingerprint density at radius 1 is 1.53 bits per heavy atom. The Morgan fingerprint density at radius 2 is 2.33 bits per heavy atom. The van der Waals surface area contributed by atoms with E-state index in [0.717, 1.165) is 17.1 Å². The molecule has 4 nitrogen and oxygen atoms in total. The maximum absolute atomic E-state index is 11.6. The van der Waals surface area contributed by atoms with E-state index in [2.05, 4.69) is 15.0 Å². The van der Waals surface area contributed by atoms with Gasteiger partial charge in [-0.05, 0) is 13.3 Å². The van der Waals surface area contributed by atoms with Crippen molar-refractivity contribution in [1.29, 1.82) is 0 Å². The van der Waals surface area contributed by atoms with Gasteiger partial charge in [0.2, 0.25) is 0 Å². The van der Waals surface area contributed by atoms with E-state index in [1.165, 1.54) is 11.3 Å². The van der Waals surface area contributed by atoms with Gasteiger partial charge in [-0.2, -0.15) is 0 Å². The Morgan fingerprint density at radius 3 is 2.93 bits per heavy atom. The summed E-state index contributed by atoms with van der Waals surface area (Å²) in [5.74, 6) is 0.567. The zero-order chi connectivity index (χ0) is 10.8. The highest BCUT2D eigenvalue weighted by atomic mass is 32.1. The smallest absolute Gasteiger partial charge is 0.254 e. The number of aryl methyl sites for hydroxylation is 1. The summed E-state index contributed by atoms with van der Waals surface area (Å²) in [5.41, 5.74) is 1.45. The van der Waals surface area contributed by atoms with Gasteiger partial charge in [0.15, 0.2) is 10.8 Å². The molecular formula is C10H11N3OS. The Bertz CT molecular complexity index is 516. The lowest BCUT2D eigenvalue weighted by Crippen LogP contribution is -2.15. The number of nitrogens with one attached hydrogen (secondary N) is 1. The minimum absolute atomic E-state index is 0.0768. The van der Waals surface area contributed by atoms with E-state index in [4.69, 9.17) is 0 Å². The van der Waals surface area contributed by atoms with E-state index in [1.807, 2.05) is 12.3 Å². The molecule has 0 aliphatic heterocycles. The number of hydrogen-bond acceptors (Lipinski definition) is 4. The lowest BCUT2D eigenvalue weighted by molar-refractivity contribution is 0.953. The molecule has 0 amide bonds. The summed E-state index contributed by atoms with van der Waals surface area (Å²) in [6, 6.07) is 0. The third-order valence-corrected chi connectivity index (χ3v) is 3.00. The maximum Gasteiger partial charge on any atom is 0.254 e. The molecule has 0 saturated heterocycles. The van der Waals surface area contributed by atoms with Gasteiger partial charge in [0.05, 0.1) is 5.69 Å². The van der Waals surface area contributed by atoms with Gasteiger partial charge in [-0.15, -0.1) is 11.3 Å². The van der Waals surface area contributed by atoms with E-state index in [0.29, 0.717) is 11.4 Å². The van der Waals surface area contributed by atoms with Crippen LogP contribution in [0.15, 0.2) is 16.4 Å². The summed E-state index contributed by atoms with van der Waals surface area (Å²) in [6.45, 7) is 3.77. The minimum Gasteiger partial charge on any atom is -0.304 e. The molecule has 0 fully saturated rings. The number of nitrogens with zero attached hydrogens (tertiary/aromatic N) is 2. The maximum atomic E-state index is 11.6.